The second-order valence-electron chi connectivity index (χ2n) is 6.03. The molecule has 120 valence electrons. The van der Waals surface area contributed by atoms with Crippen LogP contribution in [0, 0.1) is 0 Å². The standard InChI is InChI=1S/C15H19BrN2O3S/c1-8(2)20-9-6-7-17-11-10(16)13(22-12(9)11)18-14(19)21-15(3,4)5/h6-8H,1-5H3,(H,18,19). The number of thiophene rings is 1. The van der Waals surface area contributed by atoms with Crippen molar-refractivity contribution in [3.05, 3.63) is 16.7 Å². The summed E-state index contributed by atoms with van der Waals surface area (Å²) in [7, 11) is 0. The molecule has 1 amide bonds. The largest absolute Gasteiger partial charge is 0.489 e. The molecule has 0 aromatic carbocycles. The molecule has 0 fully saturated rings. The first-order valence-electron chi connectivity index (χ1n) is 6.91. The molecular formula is C15H19BrN2O3S. The van der Waals surface area contributed by atoms with Crippen LogP contribution in [0.3, 0.4) is 0 Å². The van der Waals surface area contributed by atoms with Crippen molar-refractivity contribution in [3.8, 4) is 5.75 Å². The molecule has 22 heavy (non-hydrogen) atoms. The number of hydrogen-bond acceptors (Lipinski definition) is 5. The number of nitrogens with one attached hydrogen (secondary N) is 1. The Bertz CT molecular complexity index is 692. The molecule has 0 atom stereocenters. The summed E-state index contributed by atoms with van der Waals surface area (Å²) in [6, 6.07) is 1.82. The summed E-state index contributed by atoms with van der Waals surface area (Å²) in [5.41, 5.74) is 0.214. The zero-order valence-electron chi connectivity index (χ0n) is 13.2. The van der Waals surface area contributed by atoms with E-state index in [4.69, 9.17) is 9.47 Å². The predicted octanol–water partition coefficient (Wildman–Crippen LogP) is 5.19. The van der Waals surface area contributed by atoms with E-state index in [1.54, 1.807) is 6.20 Å². The van der Waals surface area contributed by atoms with Gasteiger partial charge in [0.05, 0.1) is 15.3 Å². The van der Waals surface area contributed by atoms with Crippen molar-refractivity contribution in [3.63, 3.8) is 0 Å². The van der Waals surface area contributed by atoms with Crippen LogP contribution < -0.4 is 10.1 Å². The second kappa shape index (κ2) is 6.42. The highest BCUT2D eigenvalue weighted by atomic mass is 79.9. The zero-order valence-corrected chi connectivity index (χ0v) is 15.6. The van der Waals surface area contributed by atoms with Crippen LogP contribution in [0.25, 0.3) is 10.2 Å². The number of carbonyl (C=O) groups is 1. The van der Waals surface area contributed by atoms with E-state index in [1.807, 2.05) is 40.7 Å². The van der Waals surface area contributed by atoms with Gasteiger partial charge in [0.2, 0.25) is 0 Å². The number of pyridine rings is 1. The Kier molecular flexibility index (Phi) is 4.97. The zero-order chi connectivity index (χ0) is 16.5. The Morgan fingerprint density at radius 3 is 2.68 bits per heavy atom. The molecule has 0 bridgehead atoms. The topological polar surface area (TPSA) is 60.5 Å². The first-order chi connectivity index (χ1) is 10.2. The van der Waals surface area contributed by atoms with Crippen molar-refractivity contribution < 1.29 is 14.3 Å². The minimum Gasteiger partial charge on any atom is -0.489 e. The number of fused-ring (bicyclic) bond motifs is 1. The highest BCUT2D eigenvalue weighted by molar-refractivity contribution is 9.10. The summed E-state index contributed by atoms with van der Waals surface area (Å²) in [5.74, 6) is 0.753. The maximum Gasteiger partial charge on any atom is 0.412 e. The van der Waals surface area contributed by atoms with Gasteiger partial charge in [-0.3, -0.25) is 10.3 Å². The average molecular weight is 387 g/mol. The first kappa shape index (κ1) is 17.0. The molecule has 2 heterocycles. The van der Waals surface area contributed by atoms with Crippen LogP contribution in [0.15, 0.2) is 16.7 Å². The van der Waals surface area contributed by atoms with Gasteiger partial charge in [-0.05, 0) is 56.6 Å². The van der Waals surface area contributed by atoms with E-state index in [9.17, 15) is 4.79 Å². The Labute approximate surface area is 142 Å². The molecule has 7 heteroatoms. The third-order valence-electron chi connectivity index (χ3n) is 2.46. The van der Waals surface area contributed by atoms with E-state index in [0.717, 1.165) is 20.4 Å². The van der Waals surface area contributed by atoms with Crippen LogP contribution in [0.4, 0.5) is 9.80 Å². The molecule has 2 aromatic heterocycles. The van der Waals surface area contributed by atoms with Crippen LogP contribution in [0.1, 0.15) is 34.6 Å². The maximum atomic E-state index is 11.9. The van der Waals surface area contributed by atoms with Crippen molar-refractivity contribution in [1.82, 2.24) is 4.98 Å². The summed E-state index contributed by atoms with van der Waals surface area (Å²) >= 11 is 4.88. The number of rotatable bonds is 3. The monoisotopic (exact) mass is 386 g/mol. The third-order valence-corrected chi connectivity index (χ3v) is 4.60. The fourth-order valence-electron chi connectivity index (χ4n) is 1.76. The predicted molar refractivity (Wildman–Crippen MR) is 92.9 cm³/mol. The van der Waals surface area contributed by atoms with E-state index < -0.39 is 11.7 Å². The van der Waals surface area contributed by atoms with Crippen molar-refractivity contribution in [1.29, 1.82) is 0 Å². The highest BCUT2D eigenvalue weighted by Crippen LogP contribution is 2.43. The van der Waals surface area contributed by atoms with E-state index in [0.29, 0.717) is 5.00 Å². The van der Waals surface area contributed by atoms with E-state index in [1.165, 1.54) is 11.3 Å². The summed E-state index contributed by atoms with van der Waals surface area (Å²) in [6.45, 7) is 9.40. The van der Waals surface area contributed by atoms with Gasteiger partial charge < -0.3 is 9.47 Å². The molecule has 0 aliphatic carbocycles. The number of nitrogens with zero attached hydrogens (tertiary/aromatic N) is 1. The number of halogens is 1. The van der Waals surface area contributed by atoms with Gasteiger partial charge in [0.15, 0.2) is 0 Å². The Hall–Kier alpha value is -1.34. The molecule has 0 saturated heterocycles. The van der Waals surface area contributed by atoms with Crippen LogP contribution in [-0.2, 0) is 4.74 Å². The fourth-order valence-corrected chi connectivity index (χ4v) is 3.53. The van der Waals surface area contributed by atoms with Gasteiger partial charge in [-0.25, -0.2) is 4.79 Å². The van der Waals surface area contributed by atoms with E-state index in [-0.39, 0.29) is 6.10 Å². The van der Waals surface area contributed by atoms with Crippen LogP contribution >= 0.6 is 27.3 Å². The number of amides is 1. The van der Waals surface area contributed by atoms with Gasteiger partial charge >= 0.3 is 6.09 Å². The smallest absolute Gasteiger partial charge is 0.412 e. The molecule has 2 aromatic rings. The molecule has 0 radical (unpaired) electrons. The molecule has 2 rings (SSSR count). The van der Waals surface area contributed by atoms with Crippen LogP contribution in [-0.4, -0.2) is 22.8 Å². The number of anilines is 1. The van der Waals surface area contributed by atoms with Crippen LogP contribution in [0.2, 0.25) is 0 Å². The maximum absolute atomic E-state index is 11.9. The van der Waals surface area contributed by atoms with Crippen molar-refractivity contribution in [2.75, 3.05) is 5.32 Å². The molecule has 1 N–H and O–H groups in total. The van der Waals surface area contributed by atoms with Crippen molar-refractivity contribution in [2.45, 2.75) is 46.3 Å². The molecule has 5 nitrogen and oxygen atoms in total. The minimum absolute atomic E-state index is 0.0636. The summed E-state index contributed by atoms with van der Waals surface area (Å²) in [5, 5.41) is 3.40. The summed E-state index contributed by atoms with van der Waals surface area (Å²) in [4.78, 5) is 16.3. The summed E-state index contributed by atoms with van der Waals surface area (Å²) < 4.78 is 12.7. The number of hydrogen-bond donors (Lipinski definition) is 1. The van der Waals surface area contributed by atoms with Crippen molar-refractivity contribution in [2.24, 2.45) is 0 Å². The molecule has 0 unspecified atom stereocenters. The second-order valence-corrected chi connectivity index (χ2v) is 7.84. The molecule has 0 aliphatic heterocycles. The van der Waals surface area contributed by atoms with Gasteiger partial charge in [-0.1, -0.05) is 0 Å². The lowest BCUT2D eigenvalue weighted by Crippen LogP contribution is -2.27. The fraction of sp³-hybridized carbons (Fsp3) is 0.467. The normalized spacial score (nSPS) is 11.8. The SMILES string of the molecule is CC(C)Oc1ccnc2c(Br)c(NC(=O)OC(C)(C)C)sc12. The number of carbonyl (C=O) groups excluding carboxylic acids is 1. The van der Waals surface area contributed by atoms with Gasteiger partial charge in [0, 0.05) is 6.20 Å². The Balaban J connectivity index is 2.32. The third kappa shape index (κ3) is 4.10. The Morgan fingerprint density at radius 2 is 2.09 bits per heavy atom. The van der Waals surface area contributed by atoms with Gasteiger partial charge in [0.25, 0.3) is 0 Å². The Morgan fingerprint density at radius 1 is 1.41 bits per heavy atom. The molecule has 0 aliphatic rings. The summed E-state index contributed by atoms with van der Waals surface area (Å²) in [6.07, 6.45) is 1.26. The quantitative estimate of drug-likeness (QED) is 0.787. The van der Waals surface area contributed by atoms with Crippen molar-refractivity contribution >= 4 is 48.6 Å². The van der Waals surface area contributed by atoms with Gasteiger partial charge in [0.1, 0.15) is 21.9 Å². The molecule has 0 spiro atoms. The lowest BCUT2D eigenvalue weighted by atomic mass is 10.2. The molecular weight excluding hydrogens is 368 g/mol. The highest BCUT2D eigenvalue weighted by Gasteiger charge is 2.20. The lowest BCUT2D eigenvalue weighted by molar-refractivity contribution is 0.0636. The van der Waals surface area contributed by atoms with E-state index >= 15 is 0 Å². The number of aromatic nitrogens is 1. The molecule has 0 saturated carbocycles. The lowest BCUT2D eigenvalue weighted by Gasteiger charge is -2.19. The van der Waals surface area contributed by atoms with Gasteiger partial charge in [-0.15, -0.1) is 11.3 Å². The van der Waals surface area contributed by atoms with E-state index in [2.05, 4.69) is 26.2 Å². The van der Waals surface area contributed by atoms with Crippen LogP contribution in [0.5, 0.6) is 5.75 Å². The van der Waals surface area contributed by atoms with Gasteiger partial charge in [-0.2, -0.15) is 0 Å². The first-order valence-corrected chi connectivity index (χ1v) is 8.52. The minimum atomic E-state index is -0.544. The average Bonchev–Trinajstić information content (AvgIpc) is 2.65. The number of ether oxygens (including phenoxy) is 2.